The normalized spacial score (nSPS) is 23.8. The highest BCUT2D eigenvalue weighted by Crippen LogP contribution is 2.67. The molecule has 2 amide bonds. The van der Waals surface area contributed by atoms with Gasteiger partial charge in [0.2, 0.25) is 5.91 Å². The molecule has 3 saturated carbocycles. The van der Waals surface area contributed by atoms with Gasteiger partial charge in [0.15, 0.2) is 12.4 Å². The lowest BCUT2D eigenvalue weighted by atomic mass is 9.39. The third kappa shape index (κ3) is 4.01. The van der Waals surface area contributed by atoms with Crippen molar-refractivity contribution in [3.63, 3.8) is 0 Å². The van der Waals surface area contributed by atoms with Crippen LogP contribution >= 0.6 is 11.6 Å². The van der Waals surface area contributed by atoms with E-state index in [4.69, 9.17) is 20.9 Å². The van der Waals surface area contributed by atoms with Crippen LogP contribution in [0.3, 0.4) is 0 Å². The van der Waals surface area contributed by atoms with E-state index in [-0.39, 0.29) is 34.7 Å². The molecule has 0 atom stereocenters. The molecule has 3 aliphatic rings. The van der Waals surface area contributed by atoms with Crippen LogP contribution in [0.5, 0.6) is 5.75 Å². The highest BCUT2D eigenvalue weighted by molar-refractivity contribution is 6.30. The number of halogens is 2. The molecular weight excluding hydrogens is 413 g/mol. The fourth-order valence-corrected chi connectivity index (χ4v) is 4.49. The van der Waals surface area contributed by atoms with Crippen molar-refractivity contribution >= 4 is 23.4 Å². The summed E-state index contributed by atoms with van der Waals surface area (Å²) in [6.07, 6.45) is 3.64. The highest BCUT2D eigenvalue weighted by Gasteiger charge is 2.72. The van der Waals surface area contributed by atoms with E-state index in [0.717, 1.165) is 24.6 Å². The molecule has 0 radical (unpaired) electrons. The van der Waals surface area contributed by atoms with Crippen molar-refractivity contribution in [2.45, 2.75) is 51.1 Å². The summed E-state index contributed by atoms with van der Waals surface area (Å²) in [5.41, 5.74) is 0.126. The Morgan fingerprint density at radius 3 is 2.77 bits per heavy atom. The van der Waals surface area contributed by atoms with Crippen LogP contribution in [0, 0.1) is 11.2 Å². The van der Waals surface area contributed by atoms with Crippen molar-refractivity contribution < 1.29 is 23.2 Å². The second kappa shape index (κ2) is 7.91. The minimum absolute atomic E-state index is 0.00560. The van der Waals surface area contributed by atoms with Crippen LogP contribution in [-0.2, 0) is 22.6 Å². The number of aryl methyl sites for hydroxylation is 1. The minimum Gasteiger partial charge on any atom is -0.484 e. The summed E-state index contributed by atoms with van der Waals surface area (Å²) in [6, 6.07) is 5.87. The summed E-state index contributed by atoms with van der Waals surface area (Å²) in [7, 11) is 0. The molecule has 3 fully saturated rings. The summed E-state index contributed by atoms with van der Waals surface area (Å²) in [5.74, 6) is -0.0646. The molecule has 0 spiro atoms. The van der Waals surface area contributed by atoms with E-state index >= 15 is 0 Å². The Labute approximate surface area is 178 Å². The van der Waals surface area contributed by atoms with Gasteiger partial charge in [0, 0.05) is 17.7 Å². The van der Waals surface area contributed by atoms with Crippen LogP contribution in [-0.4, -0.2) is 29.1 Å². The smallest absolute Gasteiger partial charge is 0.258 e. The second-order valence-electron chi connectivity index (χ2n) is 8.22. The van der Waals surface area contributed by atoms with E-state index < -0.39 is 11.2 Å². The van der Waals surface area contributed by atoms with Crippen LogP contribution in [0.1, 0.15) is 44.1 Å². The van der Waals surface area contributed by atoms with Crippen LogP contribution in [0.25, 0.3) is 0 Å². The van der Waals surface area contributed by atoms with Gasteiger partial charge >= 0.3 is 0 Å². The lowest BCUT2D eigenvalue weighted by molar-refractivity contribution is -0.184. The van der Waals surface area contributed by atoms with E-state index in [1.54, 1.807) is 0 Å². The summed E-state index contributed by atoms with van der Waals surface area (Å²) in [4.78, 5) is 24.7. The summed E-state index contributed by atoms with van der Waals surface area (Å²) < 4.78 is 23.9. The molecule has 0 saturated heterocycles. The number of ether oxygens (including phenoxy) is 1. The second-order valence-corrected chi connectivity index (χ2v) is 8.63. The largest absolute Gasteiger partial charge is 0.484 e. The zero-order chi connectivity index (χ0) is 21.4. The number of benzene rings is 1. The molecule has 1 aromatic heterocycles. The molecule has 0 unspecified atom stereocenters. The van der Waals surface area contributed by atoms with E-state index in [2.05, 4.69) is 22.7 Å². The molecule has 2 aromatic rings. The zero-order valence-corrected chi connectivity index (χ0v) is 17.4. The van der Waals surface area contributed by atoms with Crippen molar-refractivity contribution in [1.29, 1.82) is 0 Å². The number of nitrogens with zero attached hydrogens (tertiary/aromatic N) is 1. The first-order chi connectivity index (χ1) is 14.3. The molecule has 1 heterocycles. The number of carbonyl (C=O) groups excluding carboxylic acids is 2. The SMILES string of the molecule is CCCc1cc(CNC(=O)C23CC(NC(=O)COc4ccc(Cl)c(F)c4)(C2)C3)on1. The molecule has 160 valence electrons. The topological polar surface area (TPSA) is 93.5 Å². The van der Waals surface area contributed by atoms with Gasteiger partial charge < -0.3 is 19.9 Å². The van der Waals surface area contributed by atoms with Gasteiger partial charge in [-0.2, -0.15) is 0 Å². The zero-order valence-electron chi connectivity index (χ0n) is 16.6. The minimum atomic E-state index is -0.603. The molecule has 30 heavy (non-hydrogen) atoms. The maximum atomic E-state index is 13.4. The third-order valence-corrected chi connectivity index (χ3v) is 6.02. The Hall–Kier alpha value is -2.61. The summed E-state index contributed by atoms with van der Waals surface area (Å²) in [5, 5.41) is 9.80. The van der Waals surface area contributed by atoms with Crippen LogP contribution in [0.4, 0.5) is 4.39 Å². The predicted molar refractivity (Wildman–Crippen MR) is 106 cm³/mol. The van der Waals surface area contributed by atoms with Gasteiger partial charge in [-0.05, 0) is 37.8 Å². The van der Waals surface area contributed by atoms with Crippen molar-refractivity contribution in [3.8, 4) is 5.75 Å². The molecule has 3 aliphatic carbocycles. The molecule has 1 aromatic carbocycles. The number of amides is 2. The van der Waals surface area contributed by atoms with Crippen LogP contribution in [0.15, 0.2) is 28.8 Å². The van der Waals surface area contributed by atoms with Crippen LogP contribution in [0.2, 0.25) is 5.02 Å². The van der Waals surface area contributed by atoms with E-state index in [1.165, 1.54) is 12.1 Å². The quantitative estimate of drug-likeness (QED) is 0.631. The number of nitrogens with one attached hydrogen (secondary N) is 2. The number of aromatic nitrogens is 1. The van der Waals surface area contributed by atoms with E-state index in [1.807, 2.05) is 6.07 Å². The third-order valence-electron chi connectivity index (χ3n) is 5.71. The molecule has 5 rings (SSSR count). The van der Waals surface area contributed by atoms with Crippen molar-refractivity contribution in [2.24, 2.45) is 5.41 Å². The fourth-order valence-electron chi connectivity index (χ4n) is 4.38. The molecule has 7 nitrogen and oxygen atoms in total. The molecule has 0 aliphatic heterocycles. The Morgan fingerprint density at radius 2 is 2.07 bits per heavy atom. The molecule has 2 N–H and O–H groups in total. The standard InChI is InChI=1S/C21H23ClFN3O4/c1-2-3-13-6-15(30-26-13)8-24-19(28)20-10-21(11-20,12-20)25-18(27)9-29-14-4-5-16(22)17(23)7-14/h4-7H,2-3,8-12H2,1H3,(H,24,28)(H,25,27). The first-order valence-corrected chi connectivity index (χ1v) is 10.3. The van der Waals surface area contributed by atoms with E-state index in [0.29, 0.717) is 31.6 Å². The van der Waals surface area contributed by atoms with Crippen molar-refractivity contribution in [1.82, 2.24) is 15.8 Å². The monoisotopic (exact) mass is 435 g/mol. The lowest BCUT2D eigenvalue weighted by Gasteiger charge is -2.69. The lowest BCUT2D eigenvalue weighted by Crippen LogP contribution is -2.78. The van der Waals surface area contributed by atoms with Crippen LogP contribution < -0.4 is 15.4 Å². The number of hydrogen-bond acceptors (Lipinski definition) is 5. The Balaban J connectivity index is 1.19. The fraction of sp³-hybridized carbons (Fsp3) is 0.476. The molecular formula is C21H23ClFN3O4. The number of hydrogen-bond donors (Lipinski definition) is 2. The summed E-state index contributed by atoms with van der Waals surface area (Å²) >= 11 is 5.62. The maximum Gasteiger partial charge on any atom is 0.258 e. The molecule has 2 bridgehead atoms. The van der Waals surface area contributed by atoms with Gasteiger partial charge in [-0.15, -0.1) is 0 Å². The predicted octanol–water partition coefficient (Wildman–Crippen LogP) is 3.15. The Kier molecular flexibility index (Phi) is 5.44. The number of carbonyl (C=O) groups is 2. The summed E-state index contributed by atoms with van der Waals surface area (Å²) in [6.45, 7) is 2.15. The highest BCUT2D eigenvalue weighted by atomic mass is 35.5. The number of rotatable bonds is 9. The van der Waals surface area contributed by atoms with Gasteiger partial charge in [0.25, 0.3) is 5.91 Å². The van der Waals surface area contributed by atoms with Gasteiger partial charge in [-0.1, -0.05) is 30.1 Å². The van der Waals surface area contributed by atoms with E-state index in [9.17, 15) is 14.0 Å². The van der Waals surface area contributed by atoms with Crippen molar-refractivity contribution in [3.05, 3.63) is 46.6 Å². The van der Waals surface area contributed by atoms with Gasteiger partial charge in [0.1, 0.15) is 11.6 Å². The average molecular weight is 436 g/mol. The first-order valence-electron chi connectivity index (χ1n) is 9.95. The molecule has 9 heteroatoms. The Morgan fingerprint density at radius 1 is 1.30 bits per heavy atom. The maximum absolute atomic E-state index is 13.4. The van der Waals surface area contributed by atoms with Gasteiger partial charge in [-0.25, -0.2) is 4.39 Å². The van der Waals surface area contributed by atoms with Gasteiger partial charge in [-0.3, -0.25) is 9.59 Å². The Bertz CT molecular complexity index is 957. The van der Waals surface area contributed by atoms with Crippen molar-refractivity contribution in [2.75, 3.05) is 6.61 Å². The average Bonchev–Trinajstić information content (AvgIpc) is 3.10. The first kappa shape index (κ1) is 20.7. The van der Waals surface area contributed by atoms with Gasteiger partial charge in [0.05, 0.1) is 22.7 Å².